The summed E-state index contributed by atoms with van der Waals surface area (Å²) in [6.07, 6.45) is 10.4. The molecule has 1 N–H and O–H groups in total. The van der Waals surface area contributed by atoms with E-state index in [0.717, 1.165) is 47.9 Å². The zero-order chi connectivity index (χ0) is 18.5. The number of ether oxygens (including phenoxy) is 1. The molecule has 0 spiro atoms. The van der Waals surface area contributed by atoms with Crippen molar-refractivity contribution in [3.63, 3.8) is 0 Å². The Balaban J connectivity index is 1.86. The van der Waals surface area contributed by atoms with Gasteiger partial charge in [-0.2, -0.15) is 0 Å². The number of anilines is 1. The van der Waals surface area contributed by atoms with Crippen molar-refractivity contribution < 1.29 is 9.53 Å². The van der Waals surface area contributed by atoms with Crippen LogP contribution in [0.25, 0.3) is 0 Å². The van der Waals surface area contributed by atoms with Crippen molar-refractivity contribution in [2.45, 2.75) is 77.7 Å². The van der Waals surface area contributed by atoms with Crippen molar-refractivity contribution in [1.29, 1.82) is 0 Å². The Morgan fingerprint density at radius 1 is 1.23 bits per heavy atom. The van der Waals surface area contributed by atoms with Crippen LogP contribution < -0.4 is 5.32 Å². The molecule has 26 heavy (non-hydrogen) atoms. The van der Waals surface area contributed by atoms with Gasteiger partial charge in [-0.15, -0.1) is 11.3 Å². The topological polar surface area (TPSA) is 41.6 Å². The third-order valence-electron chi connectivity index (χ3n) is 5.48. The third kappa shape index (κ3) is 4.22. The van der Waals surface area contributed by atoms with Crippen LogP contribution >= 0.6 is 23.6 Å². The van der Waals surface area contributed by atoms with Crippen molar-refractivity contribution in [3.8, 4) is 0 Å². The molecule has 1 aliphatic carbocycles. The molecule has 0 amide bonds. The molecule has 0 aromatic carbocycles. The van der Waals surface area contributed by atoms with Crippen LogP contribution in [0, 0.1) is 0 Å². The summed E-state index contributed by atoms with van der Waals surface area (Å²) in [4.78, 5) is 16.3. The number of nitrogens with one attached hydrogen (secondary N) is 1. The Labute approximate surface area is 166 Å². The predicted molar refractivity (Wildman–Crippen MR) is 112 cm³/mol. The van der Waals surface area contributed by atoms with E-state index in [4.69, 9.17) is 17.0 Å². The van der Waals surface area contributed by atoms with Gasteiger partial charge in [0.15, 0.2) is 5.11 Å². The number of thiocarbonyl (C=S) groups is 1. The van der Waals surface area contributed by atoms with Gasteiger partial charge in [0.05, 0.1) is 12.2 Å². The Morgan fingerprint density at radius 3 is 2.81 bits per heavy atom. The molecule has 1 aromatic rings. The standard InChI is InChI=1S/C20H30N2O2S2/c1-3-14-10-8-9-13-22(14)20(25)21-18-17(19(23)24-4-2)15-11-6-5-7-12-16(15)26-18/h14H,3-13H2,1-2H3,(H,21,25)/t14-/m1/s1. The zero-order valence-corrected chi connectivity index (χ0v) is 17.6. The van der Waals surface area contributed by atoms with Gasteiger partial charge in [0.25, 0.3) is 0 Å². The van der Waals surface area contributed by atoms with Gasteiger partial charge in [-0.1, -0.05) is 13.3 Å². The number of piperidine rings is 1. The monoisotopic (exact) mass is 394 g/mol. The Hall–Kier alpha value is -1.14. The number of aryl methyl sites for hydroxylation is 1. The zero-order valence-electron chi connectivity index (χ0n) is 15.9. The summed E-state index contributed by atoms with van der Waals surface area (Å²) in [5.41, 5.74) is 1.93. The summed E-state index contributed by atoms with van der Waals surface area (Å²) in [5.74, 6) is -0.206. The van der Waals surface area contributed by atoms with Gasteiger partial charge >= 0.3 is 5.97 Å². The number of hydrogen-bond donors (Lipinski definition) is 1. The van der Waals surface area contributed by atoms with Gasteiger partial charge in [-0.25, -0.2) is 4.79 Å². The summed E-state index contributed by atoms with van der Waals surface area (Å²) in [7, 11) is 0. The van der Waals surface area contributed by atoms with Crippen molar-refractivity contribution in [2.75, 3.05) is 18.5 Å². The molecule has 1 saturated heterocycles. The summed E-state index contributed by atoms with van der Waals surface area (Å²) >= 11 is 7.45. The molecule has 0 radical (unpaired) electrons. The first-order chi connectivity index (χ1) is 12.7. The first kappa shape index (κ1) is 19.6. The molecular formula is C20H30N2O2S2. The quantitative estimate of drug-likeness (QED) is 0.434. The van der Waals surface area contributed by atoms with Gasteiger partial charge in [-0.3, -0.25) is 0 Å². The minimum absolute atomic E-state index is 0.206. The molecule has 6 heteroatoms. The molecule has 1 fully saturated rings. The normalized spacial score (nSPS) is 20.2. The number of fused-ring (bicyclic) bond motifs is 1. The minimum atomic E-state index is -0.206. The number of likely N-dealkylation sites (tertiary alicyclic amines) is 1. The van der Waals surface area contributed by atoms with Crippen LogP contribution in [0.1, 0.15) is 79.6 Å². The summed E-state index contributed by atoms with van der Waals surface area (Å²) in [6, 6.07) is 0.507. The lowest BCUT2D eigenvalue weighted by atomic mass is 10.0. The first-order valence-corrected chi connectivity index (χ1v) is 11.3. The van der Waals surface area contributed by atoms with Crippen LogP contribution in [0.3, 0.4) is 0 Å². The predicted octanol–water partition coefficient (Wildman–Crippen LogP) is 5.16. The maximum absolute atomic E-state index is 12.7. The molecule has 1 aliphatic heterocycles. The fourth-order valence-corrected chi connectivity index (χ4v) is 5.79. The number of thiophene rings is 1. The molecule has 144 valence electrons. The number of rotatable bonds is 4. The van der Waals surface area contributed by atoms with Crippen LogP contribution in [-0.2, 0) is 17.6 Å². The maximum atomic E-state index is 12.7. The lowest BCUT2D eigenvalue weighted by molar-refractivity contribution is 0.0527. The summed E-state index contributed by atoms with van der Waals surface area (Å²) < 4.78 is 5.37. The van der Waals surface area contributed by atoms with Crippen LogP contribution in [0.2, 0.25) is 0 Å². The van der Waals surface area contributed by atoms with Gasteiger partial charge < -0.3 is 15.0 Å². The third-order valence-corrected chi connectivity index (χ3v) is 7.02. The van der Waals surface area contributed by atoms with Gasteiger partial charge in [0.1, 0.15) is 5.00 Å². The number of nitrogens with zero attached hydrogens (tertiary/aromatic N) is 1. The van der Waals surface area contributed by atoms with Crippen molar-refractivity contribution in [2.24, 2.45) is 0 Å². The SMILES string of the molecule is CCOC(=O)c1c(NC(=S)N2CCCC[C@H]2CC)sc2c1CCCCC2. The Bertz CT molecular complexity index is 656. The molecule has 1 aromatic heterocycles. The van der Waals surface area contributed by atoms with Crippen LogP contribution in [0.5, 0.6) is 0 Å². The fraction of sp³-hybridized carbons (Fsp3) is 0.700. The van der Waals surface area contributed by atoms with E-state index in [2.05, 4.69) is 17.1 Å². The van der Waals surface area contributed by atoms with Crippen LogP contribution in [0.15, 0.2) is 0 Å². The Morgan fingerprint density at radius 2 is 2.04 bits per heavy atom. The average Bonchev–Trinajstić information content (AvgIpc) is 2.82. The van der Waals surface area contributed by atoms with Crippen LogP contribution in [-0.4, -0.2) is 35.2 Å². The highest BCUT2D eigenvalue weighted by atomic mass is 32.1. The highest BCUT2D eigenvalue weighted by Gasteiger charge is 2.28. The van der Waals surface area contributed by atoms with Crippen LogP contribution in [0.4, 0.5) is 5.00 Å². The van der Waals surface area contributed by atoms with E-state index in [-0.39, 0.29) is 5.97 Å². The first-order valence-electron chi connectivity index (χ1n) is 10.0. The maximum Gasteiger partial charge on any atom is 0.341 e. The second-order valence-corrected chi connectivity index (χ2v) is 8.66. The van der Waals surface area contributed by atoms with E-state index in [1.54, 1.807) is 11.3 Å². The minimum Gasteiger partial charge on any atom is -0.462 e. The van der Waals surface area contributed by atoms with Crippen molar-refractivity contribution in [1.82, 2.24) is 4.90 Å². The molecule has 3 rings (SSSR count). The van der Waals surface area contributed by atoms with E-state index in [1.807, 2.05) is 6.92 Å². The Kier molecular flexibility index (Phi) is 6.92. The molecule has 2 heterocycles. The number of carbonyl (C=O) groups excluding carboxylic acids is 1. The molecule has 0 bridgehead atoms. The summed E-state index contributed by atoms with van der Waals surface area (Å²) in [6.45, 7) is 5.49. The second-order valence-electron chi connectivity index (χ2n) is 7.17. The molecular weight excluding hydrogens is 364 g/mol. The number of carbonyl (C=O) groups is 1. The number of hydrogen-bond acceptors (Lipinski definition) is 4. The molecule has 4 nitrogen and oxygen atoms in total. The lowest BCUT2D eigenvalue weighted by Crippen LogP contribution is -2.45. The van der Waals surface area contributed by atoms with Gasteiger partial charge in [0.2, 0.25) is 0 Å². The highest BCUT2D eigenvalue weighted by Crippen LogP contribution is 2.38. The van der Waals surface area contributed by atoms with E-state index in [1.165, 1.54) is 42.5 Å². The lowest BCUT2D eigenvalue weighted by Gasteiger charge is -2.37. The van der Waals surface area contributed by atoms with Crippen molar-refractivity contribution in [3.05, 3.63) is 16.0 Å². The van der Waals surface area contributed by atoms with Gasteiger partial charge in [-0.05, 0) is 76.1 Å². The molecule has 0 saturated carbocycles. The van der Waals surface area contributed by atoms with Gasteiger partial charge in [0, 0.05) is 17.5 Å². The largest absolute Gasteiger partial charge is 0.462 e. The molecule has 1 atom stereocenters. The summed E-state index contributed by atoms with van der Waals surface area (Å²) in [5, 5.41) is 5.09. The van der Waals surface area contributed by atoms with E-state index in [9.17, 15) is 4.79 Å². The molecule has 0 unspecified atom stereocenters. The van der Waals surface area contributed by atoms with E-state index >= 15 is 0 Å². The fourth-order valence-electron chi connectivity index (χ4n) is 4.11. The molecule has 2 aliphatic rings. The number of esters is 1. The van der Waals surface area contributed by atoms with E-state index in [0.29, 0.717) is 12.6 Å². The average molecular weight is 395 g/mol. The smallest absolute Gasteiger partial charge is 0.341 e. The van der Waals surface area contributed by atoms with E-state index < -0.39 is 0 Å². The second kappa shape index (κ2) is 9.18. The highest BCUT2D eigenvalue weighted by molar-refractivity contribution is 7.80. The van der Waals surface area contributed by atoms with Crippen molar-refractivity contribution >= 4 is 39.6 Å².